The molecule has 0 amide bonds. The molecule has 0 bridgehead atoms. The molecular weight excluding hydrogens is 223 g/mol. The molecule has 18 heavy (non-hydrogen) atoms. The average Bonchev–Trinajstić information content (AvgIpc) is 2.26. The fourth-order valence-corrected chi connectivity index (χ4v) is 1.66. The van der Waals surface area contributed by atoms with Crippen LogP contribution in [-0.4, -0.2) is 16.4 Å². The molecule has 0 saturated heterocycles. The second kappa shape index (κ2) is 22.1. The van der Waals surface area contributed by atoms with E-state index in [0.717, 1.165) is 6.42 Å². The SMILES string of the molecule is O=C(O)O.[CH2-]CCCCCCCCCCCC.[Li+]. The summed E-state index contributed by atoms with van der Waals surface area (Å²) in [6, 6.07) is 0. The Morgan fingerprint density at radius 1 is 0.833 bits per heavy atom. The van der Waals surface area contributed by atoms with Crippen molar-refractivity contribution in [3.63, 3.8) is 0 Å². The third-order valence-electron chi connectivity index (χ3n) is 2.60. The largest absolute Gasteiger partial charge is 1.00 e. The summed E-state index contributed by atoms with van der Waals surface area (Å²) in [5.74, 6) is 0. The molecule has 4 heteroatoms. The van der Waals surface area contributed by atoms with Crippen LogP contribution in [0.15, 0.2) is 0 Å². The van der Waals surface area contributed by atoms with Crippen LogP contribution < -0.4 is 18.9 Å². The van der Waals surface area contributed by atoms with Crippen molar-refractivity contribution in [1.29, 1.82) is 0 Å². The number of rotatable bonds is 10. The molecule has 0 aliphatic heterocycles. The van der Waals surface area contributed by atoms with Gasteiger partial charge in [0, 0.05) is 0 Å². The van der Waals surface area contributed by atoms with Crippen molar-refractivity contribution in [2.45, 2.75) is 77.6 Å². The molecule has 0 fully saturated rings. The maximum Gasteiger partial charge on any atom is 1.00 e. The van der Waals surface area contributed by atoms with E-state index in [2.05, 4.69) is 13.8 Å². The molecule has 0 spiro atoms. The van der Waals surface area contributed by atoms with Gasteiger partial charge in [0.2, 0.25) is 0 Å². The van der Waals surface area contributed by atoms with Gasteiger partial charge in [-0.2, -0.15) is 6.42 Å². The Kier molecular flexibility index (Phi) is 28.2. The quantitative estimate of drug-likeness (QED) is 0.356. The number of unbranched alkanes of at least 4 members (excludes halogenated alkanes) is 10. The summed E-state index contributed by atoms with van der Waals surface area (Å²) in [5.41, 5.74) is 0. The van der Waals surface area contributed by atoms with Gasteiger partial charge in [0.25, 0.3) is 0 Å². The smallest absolute Gasteiger partial charge is 0.450 e. The summed E-state index contributed by atoms with van der Waals surface area (Å²) < 4.78 is 0. The van der Waals surface area contributed by atoms with Gasteiger partial charge in [-0.05, 0) is 0 Å². The van der Waals surface area contributed by atoms with Crippen LogP contribution in [0.3, 0.4) is 0 Å². The predicted octanol–water partition coefficient (Wildman–Crippen LogP) is 2.36. The first-order chi connectivity index (χ1) is 8.15. The molecule has 104 valence electrons. The molecule has 0 radical (unpaired) electrons. The third kappa shape index (κ3) is 36.0. The monoisotopic (exact) mass is 252 g/mol. The summed E-state index contributed by atoms with van der Waals surface area (Å²) in [6.07, 6.45) is 13.5. The van der Waals surface area contributed by atoms with Crippen LogP contribution in [0.5, 0.6) is 0 Å². The van der Waals surface area contributed by atoms with Crippen LogP contribution in [-0.2, 0) is 0 Å². The van der Waals surface area contributed by atoms with Crippen LogP contribution in [0, 0.1) is 6.92 Å². The topological polar surface area (TPSA) is 57.5 Å². The molecule has 3 nitrogen and oxygen atoms in total. The maximum atomic E-state index is 8.56. The standard InChI is InChI=1S/C13H27.CH2O3.Li/c1-3-5-7-9-11-13-12-10-8-6-4-2;2-1(3)4;/h1,3-13H2,2H3;(H2,2,3,4);/q-1;;+1. The van der Waals surface area contributed by atoms with E-state index < -0.39 is 6.16 Å². The summed E-state index contributed by atoms with van der Waals surface area (Å²) in [5, 5.41) is 13.9. The van der Waals surface area contributed by atoms with Gasteiger partial charge in [-0.15, -0.1) is 0 Å². The minimum atomic E-state index is -1.83. The fourth-order valence-electron chi connectivity index (χ4n) is 1.66. The Morgan fingerprint density at radius 2 is 1.11 bits per heavy atom. The van der Waals surface area contributed by atoms with Gasteiger partial charge in [-0.3, -0.25) is 0 Å². The predicted molar refractivity (Wildman–Crippen MR) is 72.5 cm³/mol. The van der Waals surface area contributed by atoms with Crippen molar-refractivity contribution in [2.75, 3.05) is 0 Å². The number of carboxylic acid groups (broad SMARTS) is 2. The minimum absolute atomic E-state index is 0. The molecular formula is C14H29LiO3. The zero-order chi connectivity index (χ0) is 13.4. The summed E-state index contributed by atoms with van der Waals surface area (Å²) in [6.45, 7) is 6.13. The van der Waals surface area contributed by atoms with Crippen molar-refractivity contribution in [1.82, 2.24) is 0 Å². The Bertz CT molecular complexity index is 138. The second-order valence-electron chi connectivity index (χ2n) is 4.32. The van der Waals surface area contributed by atoms with E-state index in [9.17, 15) is 0 Å². The number of carbonyl (C=O) groups is 1. The normalized spacial score (nSPS) is 9.00. The van der Waals surface area contributed by atoms with Crippen LogP contribution in [0.4, 0.5) is 4.79 Å². The van der Waals surface area contributed by atoms with Gasteiger partial charge in [-0.25, -0.2) is 4.79 Å². The molecule has 2 N–H and O–H groups in total. The zero-order valence-electron chi connectivity index (χ0n) is 12.3. The van der Waals surface area contributed by atoms with E-state index in [1.165, 1.54) is 64.2 Å². The Hall–Kier alpha value is -0.133. The molecule has 0 unspecified atom stereocenters. The third-order valence-corrected chi connectivity index (χ3v) is 2.60. The zero-order valence-corrected chi connectivity index (χ0v) is 12.3. The number of hydrogen-bond acceptors (Lipinski definition) is 1. The summed E-state index contributed by atoms with van der Waals surface area (Å²) in [7, 11) is 0. The Morgan fingerprint density at radius 3 is 1.39 bits per heavy atom. The van der Waals surface area contributed by atoms with Crippen molar-refractivity contribution >= 4 is 6.16 Å². The second-order valence-corrected chi connectivity index (χ2v) is 4.32. The molecule has 0 aliphatic rings. The van der Waals surface area contributed by atoms with Crippen LogP contribution >= 0.6 is 0 Å². The molecule has 0 aromatic carbocycles. The molecule has 0 atom stereocenters. The molecule has 0 rings (SSSR count). The van der Waals surface area contributed by atoms with Gasteiger partial charge in [0.15, 0.2) is 0 Å². The van der Waals surface area contributed by atoms with Crippen molar-refractivity contribution in [3.8, 4) is 0 Å². The number of hydrogen-bond donors (Lipinski definition) is 2. The van der Waals surface area contributed by atoms with Crippen LogP contribution in [0.1, 0.15) is 77.6 Å². The van der Waals surface area contributed by atoms with Gasteiger partial charge in [-0.1, -0.05) is 71.1 Å². The molecule has 0 saturated carbocycles. The van der Waals surface area contributed by atoms with Crippen LogP contribution in [0.2, 0.25) is 0 Å². The molecule has 0 aromatic heterocycles. The summed E-state index contributed by atoms with van der Waals surface area (Å²) >= 11 is 0. The van der Waals surface area contributed by atoms with E-state index in [1.807, 2.05) is 0 Å². The first-order valence-electron chi connectivity index (χ1n) is 6.86. The van der Waals surface area contributed by atoms with Gasteiger partial charge < -0.3 is 17.1 Å². The van der Waals surface area contributed by atoms with E-state index in [1.54, 1.807) is 0 Å². The van der Waals surface area contributed by atoms with E-state index in [4.69, 9.17) is 15.0 Å². The van der Waals surface area contributed by atoms with E-state index in [-0.39, 0.29) is 18.9 Å². The van der Waals surface area contributed by atoms with Gasteiger partial charge >= 0.3 is 25.0 Å². The van der Waals surface area contributed by atoms with Gasteiger partial charge in [0.05, 0.1) is 0 Å². The van der Waals surface area contributed by atoms with E-state index in [0.29, 0.717) is 0 Å². The molecule has 0 aliphatic carbocycles. The molecule has 0 aromatic rings. The summed E-state index contributed by atoms with van der Waals surface area (Å²) in [4.78, 5) is 8.56. The minimum Gasteiger partial charge on any atom is -0.450 e. The Labute approximate surface area is 125 Å². The fraction of sp³-hybridized carbons (Fsp3) is 0.857. The van der Waals surface area contributed by atoms with Crippen LogP contribution in [0.25, 0.3) is 0 Å². The Balaban J connectivity index is -0.000000392. The molecule has 0 heterocycles. The van der Waals surface area contributed by atoms with Crippen molar-refractivity contribution in [2.24, 2.45) is 0 Å². The first kappa shape index (κ1) is 23.0. The van der Waals surface area contributed by atoms with Crippen molar-refractivity contribution in [3.05, 3.63) is 6.92 Å². The van der Waals surface area contributed by atoms with Gasteiger partial charge in [0.1, 0.15) is 0 Å². The van der Waals surface area contributed by atoms with Crippen molar-refractivity contribution < 1.29 is 33.9 Å². The first-order valence-corrected chi connectivity index (χ1v) is 6.86. The average molecular weight is 252 g/mol. The maximum absolute atomic E-state index is 8.56. The van der Waals surface area contributed by atoms with E-state index >= 15 is 0 Å².